The molecule has 124 valence electrons. The second kappa shape index (κ2) is 8.82. The number of piperazine rings is 1. The summed E-state index contributed by atoms with van der Waals surface area (Å²) in [5.74, 6) is 0.801. The lowest BCUT2D eigenvalue weighted by Gasteiger charge is -2.34. The van der Waals surface area contributed by atoms with Crippen LogP contribution in [0, 0.1) is 0 Å². The lowest BCUT2D eigenvalue weighted by Crippen LogP contribution is -2.50. The first-order chi connectivity index (χ1) is 11.2. The maximum Gasteiger partial charge on any atom is 0.410 e. The minimum absolute atomic E-state index is 0.0417. The van der Waals surface area contributed by atoms with E-state index in [2.05, 4.69) is 6.58 Å². The third-order valence-corrected chi connectivity index (χ3v) is 3.54. The molecule has 1 saturated heterocycles. The van der Waals surface area contributed by atoms with E-state index in [0.717, 1.165) is 5.75 Å². The van der Waals surface area contributed by atoms with Crippen LogP contribution in [-0.2, 0) is 9.53 Å². The summed E-state index contributed by atoms with van der Waals surface area (Å²) in [6.45, 7) is 6.07. The van der Waals surface area contributed by atoms with Gasteiger partial charge in [-0.05, 0) is 12.1 Å². The molecule has 1 aromatic carbocycles. The normalized spacial score (nSPS) is 14.3. The third-order valence-electron chi connectivity index (χ3n) is 3.54. The molecule has 1 aliphatic rings. The first-order valence-corrected chi connectivity index (χ1v) is 7.69. The largest absolute Gasteiger partial charge is 0.493 e. The zero-order valence-electron chi connectivity index (χ0n) is 13.1. The Morgan fingerprint density at radius 3 is 2.39 bits per heavy atom. The van der Waals surface area contributed by atoms with Crippen molar-refractivity contribution in [2.75, 3.05) is 39.4 Å². The van der Waals surface area contributed by atoms with Gasteiger partial charge < -0.3 is 19.3 Å². The van der Waals surface area contributed by atoms with E-state index in [1.165, 1.54) is 6.08 Å². The minimum Gasteiger partial charge on any atom is -0.493 e. The molecule has 1 heterocycles. The molecule has 0 unspecified atom stereocenters. The summed E-state index contributed by atoms with van der Waals surface area (Å²) in [4.78, 5) is 27.2. The summed E-state index contributed by atoms with van der Waals surface area (Å²) in [6.07, 6.45) is 1.50. The predicted molar refractivity (Wildman–Crippen MR) is 86.3 cm³/mol. The van der Waals surface area contributed by atoms with Crippen LogP contribution in [0.4, 0.5) is 4.79 Å². The summed E-state index contributed by atoms with van der Waals surface area (Å²) < 4.78 is 10.5. The van der Waals surface area contributed by atoms with Crippen LogP contribution in [0.1, 0.15) is 6.42 Å². The molecule has 0 radical (unpaired) electrons. The first-order valence-electron chi connectivity index (χ1n) is 7.69. The van der Waals surface area contributed by atoms with Crippen LogP contribution in [0.5, 0.6) is 5.75 Å². The van der Waals surface area contributed by atoms with Crippen LogP contribution in [0.3, 0.4) is 0 Å². The zero-order chi connectivity index (χ0) is 16.5. The Hall–Kier alpha value is -2.50. The fourth-order valence-electron chi connectivity index (χ4n) is 2.29. The highest BCUT2D eigenvalue weighted by Crippen LogP contribution is 2.10. The summed E-state index contributed by atoms with van der Waals surface area (Å²) in [5.41, 5.74) is 0. The zero-order valence-corrected chi connectivity index (χ0v) is 13.1. The monoisotopic (exact) mass is 318 g/mol. The van der Waals surface area contributed by atoms with Crippen molar-refractivity contribution in [3.8, 4) is 5.75 Å². The van der Waals surface area contributed by atoms with Gasteiger partial charge in [0.1, 0.15) is 12.4 Å². The lowest BCUT2D eigenvalue weighted by molar-refractivity contribution is -0.133. The molecule has 1 fully saturated rings. The minimum atomic E-state index is -0.357. The quantitative estimate of drug-likeness (QED) is 0.752. The van der Waals surface area contributed by atoms with Crippen LogP contribution in [0.25, 0.3) is 0 Å². The summed E-state index contributed by atoms with van der Waals surface area (Å²) in [5, 5.41) is 0. The molecule has 0 N–H and O–H groups in total. The van der Waals surface area contributed by atoms with Crippen LogP contribution >= 0.6 is 0 Å². The second-order valence-electron chi connectivity index (χ2n) is 5.14. The molecule has 0 atom stereocenters. The molecule has 0 aromatic heterocycles. The number of ether oxygens (including phenoxy) is 2. The summed E-state index contributed by atoms with van der Waals surface area (Å²) in [6, 6.07) is 9.41. The number of nitrogens with zero attached hydrogens (tertiary/aromatic N) is 2. The van der Waals surface area contributed by atoms with Gasteiger partial charge >= 0.3 is 6.09 Å². The Labute approximate surface area is 136 Å². The van der Waals surface area contributed by atoms with E-state index in [0.29, 0.717) is 39.2 Å². The van der Waals surface area contributed by atoms with E-state index < -0.39 is 0 Å². The fourth-order valence-corrected chi connectivity index (χ4v) is 2.29. The maximum absolute atomic E-state index is 12.1. The van der Waals surface area contributed by atoms with E-state index >= 15 is 0 Å². The van der Waals surface area contributed by atoms with Gasteiger partial charge in [-0.25, -0.2) is 4.79 Å². The predicted octanol–water partition coefficient (Wildman–Crippen LogP) is 1.92. The van der Waals surface area contributed by atoms with Crippen LogP contribution < -0.4 is 4.74 Å². The highest BCUT2D eigenvalue weighted by molar-refractivity contribution is 5.77. The van der Waals surface area contributed by atoms with Gasteiger partial charge in [0.2, 0.25) is 5.91 Å². The highest BCUT2D eigenvalue weighted by atomic mass is 16.6. The molecule has 6 heteroatoms. The molecule has 0 saturated carbocycles. The van der Waals surface area contributed by atoms with Crippen molar-refractivity contribution in [1.82, 2.24) is 9.80 Å². The number of para-hydroxylation sites is 1. The lowest BCUT2D eigenvalue weighted by atomic mass is 10.3. The molecule has 0 aliphatic carbocycles. The van der Waals surface area contributed by atoms with Crippen molar-refractivity contribution < 1.29 is 19.1 Å². The third kappa shape index (κ3) is 5.32. The van der Waals surface area contributed by atoms with Crippen molar-refractivity contribution in [2.24, 2.45) is 0 Å². The van der Waals surface area contributed by atoms with Gasteiger partial charge in [-0.1, -0.05) is 30.9 Å². The van der Waals surface area contributed by atoms with Gasteiger partial charge in [0.15, 0.2) is 0 Å². The van der Waals surface area contributed by atoms with Gasteiger partial charge in [-0.2, -0.15) is 0 Å². The van der Waals surface area contributed by atoms with E-state index in [1.54, 1.807) is 9.80 Å². The number of benzene rings is 1. The molecule has 6 nitrogen and oxygen atoms in total. The molecule has 1 aliphatic heterocycles. The molecule has 2 amide bonds. The Morgan fingerprint density at radius 1 is 1.09 bits per heavy atom. The average molecular weight is 318 g/mol. The van der Waals surface area contributed by atoms with Crippen LogP contribution in [0.2, 0.25) is 0 Å². The van der Waals surface area contributed by atoms with Crippen molar-refractivity contribution >= 4 is 12.0 Å². The average Bonchev–Trinajstić information content (AvgIpc) is 2.60. The molecule has 2 rings (SSSR count). The molecule has 1 aromatic rings. The Bertz CT molecular complexity index is 525. The molecule has 0 spiro atoms. The van der Waals surface area contributed by atoms with Crippen molar-refractivity contribution in [3.05, 3.63) is 43.0 Å². The van der Waals surface area contributed by atoms with Crippen molar-refractivity contribution in [3.63, 3.8) is 0 Å². The van der Waals surface area contributed by atoms with Gasteiger partial charge in [0, 0.05) is 26.2 Å². The van der Waals surface area contributed by atoms with Gasteiger partial charge in [-0.3, -0.25) is 4.79 Å². The maximum atomic E-state index is 12.1. The Kier molecular flexibility index (Phi) is 6.47. The standard InChI is InChI=1S/C17H22N2O4/c1-2-13-23-17(21)19-11-9-18(10-12-19)16(20)8-14-22-15-6-4-3-5-7-15/h2-7H,1,8-14H2. The van der Waals surface area contributed by atoms with E-state index in [9.17, 15) is 9.59 Å². The fraction of sp³-hybridized carbons (Fsp3) is 0.412. The van der Waals surface area contributed by atoms with Gasteiger partial charge in [-0.15, -0.1) is 0 Å². The number of rotatable bonds is 6. The Morgan fingerprint density at radius 2 is 1.74 bits per heavy atom. The number of hydrogen-bond acceptors (Lipinski definition) is 4. The smallest absolute Gasteiger partial charge is 0.410 e. The number of carbonyl (C=O) groups is 2. The molecular weight excluding hydrogens is 296 g/mol. The van der Waals surface area contributed by atoms with E-state index in [-0.39, 0.29) is 18.6 Å². The highest BCUT2D eigenvalue weighted by Gasteiger charge is 2.24. The molecular formula is C17H22N2O4. The van der Waals surface area contributed by atoms with E-state index in [4.69, 9.17) is 9.47 Å². The van der Waals surface area contributed by atoms with Crippen LogP contribution in [0.15, 0.2) is 43.0 Å². The summed E-state index contributed by atoms with van der Waals surface area (Å²) in [7, 11) is 0. The first kappa shape index (κ1) is 16.9. The molecule has 23 heavy (non-hydrogen) atoms. The number of carbonyl (C=O) groups excluding carboxylic acids is 2. The van der Waals surface area contributed by atoms with Crippen molar-refractivity contribution in [2.45, 2.75) is 6.42 Å². The van der Waals surface area contributed by atoms with Crippen LogP contribution in [-0.4, -0.2) is 61.2 Å². The molecule has 0 bridgehead atoms. The SMILES string of the molecule is C=CCOC(=O)N1CCN(C(=O)CCOc2ccccc2)CC1. The Balaban J connectivity index is 1.67. The second-order valence-corrected chi connectivity index (χ2v) is 5.14. The summed E-state index contributed by atoms with van der Waals surface area (Å²) >= 11 is 0. The number of hydrogen-bond donors (Lipinski definition) is 0. The topological polar surface area (TPSA) is 59.1 Å². The van der Waals surface area contributed by atoms with Gasteiger partial charge in [0.05, 0.1) is 13.0 Å². The van der Waals surface area contributed by atoms with E-state index in [1.807, 2.05) is 30.3 Å². The van der Waals surface area contributed by atoms with Gasteiger partial charge in [0.25, 0.3) is 0 Å². The number of amides is 2. The van der Waals surface area contributed by atoms with Crippen molar-refractivity contribution in [1.29, 1.82) is 0 Å².